The van der Waals surface area contributed by atoms with Gasteiger partial charge in [0.1, 0.15) is 5.69 Å². The normalized spacial score (nSPS) is 11.9. The number of hydrogen-bond acceptors (Lipinski definition) is 3. The maximum atomic E-state index is 13.0. The van der Waals surface area contributed by atoms with E-state index in [9.17, 15) is 4.79 Å². The minimum atomic E-state index is -0.0348. The smallest absolute Gasteiger partial charge is 0.212 e. The largest absolute Gasteiger partial charge is 0.287 e. The SMILES string of the molecule is O=C1c2ccccc2-c2c1nc(-c1ccccc1)nc2-c1ccccc1. The van der Waals surface area contributed by atoms with Gasteiger partial charge in [0.15, 0.2) is 5.82 Å². The molecule has 0 N–H and O–H groups in total. The van der Waals surface area contributed by atoms with Crippen LogP contribution in [0.3, 0.4) is 0 Å². The van der Waals surface area contributed by atoms with E-state index < -0.39 is 0 Å². The first-order valence-corrected chi connectivity index (χ1v) is 8.50. The molecule has 0 saturated carbocycles. The number of fused-ring (bicyclic) bond motifs is 3. The fourth-order valence-electron chi connectivity index (χ4n) is 3.43. The van der Waals surface area contributed by atoms with Gasteiger partial charge in [0.25, 0.3) is 0 Å². The van der Waals surface area contributed by atoms with Crippen LogP contribution in [0.5, 0.6) is 0 Å². The summed E-state index contributed by atoms with van der Waals surface area (Å²) in [7, 11) is 0. The zero-order valence-corrected chi connectivity index (χ0v) is 13.9. The molecule has 1 aliphatic rings. The van der Waals surface area contributed by atoms with Crippen molar-refractivity contribution in [3.63, 3.8) is 0 Å². The molecular formula is C23H14N2O. The minimum absolute atomic E-state index is 0.0348. The van der Waals surface area contributed by atoms with Gasteiger partial charge in [-0.1, -0.05) is 84.9 Å². The van der Waals surface area contributed by atoms with Crippen molar-refractivity contribution in [2.75, 3.05) is 0 Å². The van der Waals surface area contributed by atoms with E-state index in [1.165, 1.54) is 0 Å². The van der Waals surface area contributed by atoms with Crippen LogP contribution < -0.4 is 0 Å². The number of benzene rings is 3. The first-order valence-electron chi connectivity index (χ1n) is 8.50. The van der Waals surface area contributed by atoms with Gasteiger partial charge in [0, 0.05) is 22.3 Å². The van der Waals surface area contributed by atoms with Crippen LogP contribution in [0.25, 0.3) is 33.8 Å². The molecule has 0 fully saturated rings. The highest BCUT2D eigenvalue weighted by Crippen LogP contribution is 2.42. The topological polar surface area (TPSA) is 42.9 Å². The molecule has 0 atom stereocenters. The molecule has 1 heterocycles. The van der Waals surface area contributed by atoms with Crippen LogP contribution in [0.4, 0.5) is 0 Å². The predicted molar refractivity (Wildman–Crippen MR) is 102 cm³/mol. The highest BCUT2D eigenvalue weighted by Gasteiger charge is 2.32. The molecule has 3 heteroatoms. The Hall–Kier alpha value is -3.59. The first-order chi connectivity index (χ1) is 12.8. The van der Waals surface area contributed by atoms with E-state index in [1.54, 1.807) is 0 Å². The summed E-state index contributed by atoms with van der Waals surface area (Å²) >= 11 is 0. The van der Waals surface area contributed by atoms with Crippen molar-refractivity contribution < 1.29 is 4.79 Å². The fourth-order valence-corrected chi connectivity index (χ4v) is 3.43. The van der Waals surface area contributed by atoms with Gasteiger partial charge >= 0.3 is 0 Å². The Morgan fingerprint density at radius 2 is 1.08 bits per heavy atom. The zero-order chi connectivity index (χ0) is 17.5. The Morgan fingerprint density at radius 1 is 0.538 bits per heavy atom. The Labute approximate surface area is 151 Å². The second kappa shape index (κ2) is 5.74. The lowest BCUT2D eigenvalue weighted by atomic mass is 10.0. The van der Waals surface area contributed by atoms with Crippen molar-refractivity contribution >= 4 is 5.78 Å². The lowest BCUT2D eigenvalue weighted by Crippen LogP contribution is -2.03. The summed E-state index contributed by atoms with van der Waals surface area (Å²) in [4.78, 5) is 22.5. The molecule has 0 radical (unpaired) electrons. The Kier molecular flexibility index (Phi) is 3.25. The number of hydrogen-bond donors (Lipinski definition) is 0. The molecule has 1 aromatic heterocycles. The lowest BCUT2D eigenvalue weighted by molar-refractivity contribution is 0.103. The zero-order valence-electron chi connectivity index (χ0n) is 13.9. The lowest BCUT2D eigenvalue weighted by Gasteiger charge is -2.11. The van der Waals surface area contributed by atoms with Crippen LogP contribution in [0, 0.1) is 0 Å². The molecule has 0 spiro atoms. The molecule has 26 heavy (non-hydrogen) atoms. The molecule has 122 valence electrons. The van der Waals surface area contributed by atoms with Crippen molar-refractivity contribution in [1.82, 2.24) is 9.97 Å². The maximum Gasteiger partial charge on any atom is 0.212 e. The number of nitrogens with zero attached hydrogens (tertiary/aromatic N) is 2. The predicted octanol–water partition coefficient (Wildman–Crippen LogP) is 5.02. The van der Waals surface area contributed by atoms with Gasteiger partial charge in [-0.3, -0.25) is 4.79 Å². The third-order valence-electron chi connectivity index (χ3n) is 4.64. The molecule has 3 nitrogen and oxygen atoms in total. The summed E-state index contributed by atoms with van der Waals surface area (Å²) in [5.41, 5.74) is 5.59. The summed E-state index contributed by atoms with van der Waals surface area (Å²) < 4.78 is 0. The van der Waals surface area contributed by atoms with Crippen LogP contribution in [-0.2, 0) is 0 Å². The monoisotopic (exact) mass is 334 g/mol. The third-order valence-corrected chi connectivity index (χ3v) is 4.64. The minimum Gasteiger partial charge on any atom is -0.287 e. The molecule has 0 saturated heterocycles. The van der Waals surface area contributed by atoms with Gasteiger partial charge in [0.05, 0.1) is 5.69 Å². The van der Waals surface area contributed by atoms with Crippen LogP contribution in [0.15, 0.2) is 84.9 Å². The van der Waals surface area contributed by atoms with Crippen molar-refractivity contribution in [2.24, 2.45) is 0 Å². The van der Waals surface area contributed by atoms with Crippen LogP contribution in [-0.4, -0.2) is 15.8 Å². The number of carbonyl (C=O) groups excluding carboxylic acids is 1. The molecule has 3 aromatic carbocycles. The van der Waals surface area contributed by atoms with Gasteiger partial charge in [0.2, 0.25) is 5.78 Å². The summed E-state index contributed by atoms with van der Waals surface area (Å²) in [6.45, 7) is 0. The Balaban J connectivity index is 1.85. The van der Waals surface area contributed by atoms with Crippen LogP contribution >= 0.6 is 0 Å². The van der Waals surface area contributed by atoms with E-state index in [4.69, 9.17) is 4.98 Å². The number of aromatic nitrogens is 2. The number of carbonyl (C=O) groups is 1. The Morgan fingerprint density at radius 3 is 1.77 bits per heavy atom. The van der Waals surface area contributed by atoms with E-state index >= 15 is 0 Å². The van der Waals surface area contributed by atoms with Gasteiger partial charge in [-0.15, -0.1) is 0 Å². The molecule has 5 rings (SSSR count). The highest BCUT2D eigenvalue weighted by molar-refractivity contribution is 6.22. The average molecular weight is 334 g/mol. The summed E-state index contributed by atoms with van der Waals surface area (Å²) in [5.74, 6) is 0.539. The van der Waals surface area contributed by atoms with Crippen LogP contribution in [0.1, 0.15) is 16.1 Å². The fraction of sp³-hybridized carbons (Fsp3) is 0. The molecule has 4 aromatic rings. The van der Waals surface area contributed by atoms with E-state index in [0.29, 0.717) is 17.1 Å². The quantitative estimate of drug-likeness (QED) is 0.455. The molecule has 0 unspecified atom stereocenters. The Bertz CT molecular complexity index is 1140. The first kappa shape index (κ1) is 14.7. The highest BCUT2D eigenvalue weighted by atomic mass is 16.1. The van der Waals surface area contributed by atoms with Crippen molar-refractivity contribution in [3.05, 3.63) is 96.2 Å². The van der Waals surface area contributed by atoms with E-state index in [-0.39, 0.29) is 5.78 Å². The van der Waals surface area contributed by atoms with Gasteiger partial charge in [-0.2, -0.15) is 0 Å². The van der Waals surface area contributed by atoms with Crippen LogP contribution in [0.2, 0.25) is 0 Å². The molecule has 0 bridgehead atoms. The molecule has 0 aliphatic heterocycles. The van der Waals surface area contributed by atoms with Gasteiger partial charge < -0.3 is 0 Å². The second-order valence-electron chi connectivity index (χ2n) is 6.23. The van der Waals surface area contributed by atoms with E-state index in [1.807, 2.05) is 84.9 Å². The number of ketones is 1. The van der Waals surface area contributed by atoms with Crippen molar-refractivity contribution in [1.29, 1.82) is 0 Å². The average Bonchev–Trinajstić information content (AvgIpc) is 3.01. The van der Waals surface area contributed by atoms with Gasteiger partial charge in [-0.05, 0) is 5.56 Å². The molecular weight excluding hydrogens is 320 g/mol. The van der Waals surface area contributed by atoms with E-state index in [0.717, 1.165) is 27.9 Å². The van der Waals surface area contributed by atoms with Crippen molar-refractivity contribution in [3.8, 4) is 33.8 Å². The molecule has 0 amide bonds. The number of rotatable bonds is 2. The summed E-state index contributed by atoms with van der Waals surface area (Å²) in [5, 5.41) is 0. The van der Waals surface area contributed by atoms with Crippen molar-refractivity contribution in [2.45, 2.75) is 0 Å². The molecule has 1 aliphatic carbocycles. The second-order valence-corrected chi connectivity index (χ2v) is 6.23. The summed E-state index contributed by atoms with van der Waals surface area (Å²) in [6.07, 6.45) is 0. The summed E-state index contributed by atoms with van der Waals surface area (Å²) in [6, 6.07) is 27.4. The van der Waals surface area contributed by atoms with E-state index in [2.05, 4.69) is 4.98 Å². The standard InChI is InChI=1S/C23H14N2O/c26-22-18-14-8-7-13-17(18)19-20(15-9-3-1-4-10-15)24-23(25-21(19)22)16-11-5-2-6-12-16/h1-14H. The van der Waals surface area contributed by atoms with Gasteiger partial charge in [-0.25, -0.2) is 9.97 Å². The maximum absolute atomic E-state index is 13.0. The third kappa shape index (κ3) is 2.18.